The lowest BCUT2D eigenvalue weighted by molar-refractivity contribution is 0.974. The molecule has 2 nitrogen and oxygen atoms in total. The predicted molar refractivity (Wildman–Crippen MR) is 61.5 cm³/mol. The van der Waals surface area contributed by atoms with E-state index in [4.69, 9.17) is 1.37 Å². The van der Waals surface area contributed by atoms with E-state index >= 15 is 0 Å². The number of nitrogens with zero attached hydrogens (tertiary/aromatic N) is 1. The zero-order chi connectivity index (χ0) is 11.5. The molecule has 1 heterocycles. The largest absolute Gasteiger partial charge is 0.284 e. The van der Waals surface area contributed by atoms with Gasteiger partial charge in [0.05, 0.1) is 0 Å². The molecule has 15 heavy (non-hydrogen) atoms. The molecule has 0 aliphatic heterocycles. The third kappa shape index (κ3) is 1.99. The van der Waals surface area contributed by atoms with Gasteiger partial charge < -0.3 is 0 Å². The Bertz CT molecular complexity index is 560. The maximum absolute atomic E-state index is 11.7. The van der Waals surface area contributed by atoms with Gasteiger partial charge in [0.15, 0.2) is 0 Å². The zero-order valence-corrected chi connectivity index (χ0v) is 8.60. The van der Waals surface area contributed by atoms with E-state index in [9.17, 15) is 4.79 Å². The Morgan fingerprint density at radius 1 is 1.20 bits per heavy atom. The van der Waals surface area contributed by atoms with E-state index < -0.39 is 0 Å². The van der Waals surface area contributed by atoms with E-state index in [1.54, 1.807) is 16.8 Å². The Hall–Kier alpha value is -1.83. The summed E-state index contributed by atoms with van der Waals surface area (Å²) in [6.07, 6.45) is 1.73. The second kappa shape index (κ2) is 3.73. The van der Waals surface area contributed by atoms with Crippen molar-refractivity contribution in [2.75, 3.05) is 0 Å². The minimum Gasteiger partial charge on any atom is -0.284 e. The molecule has 76 valence electrons. The van der Waals surface area contributed by atoms with Crippen LogP contribution in [0.3, 0.4) is 0 Å². The van der Waals surface area contributed by atoms with Crippen molar-refractivity contribution in [1.29, 1.82) is 0 Å². The van der Waals surface area contributed by atoms with Gasteiger partial charge in [0.1, 0.15) is 0 Å². The normalized spacial score (nSPS) is 11.1. The molecule has 0 fully saturated rings. The van der Waals surface area contributed by atoms with Gasteiger partial charge in [0.25, 0.3) is 5.56 Å². The Morgan fingerprint density at radius 2 is 2.07 bits per heavy atom. The molecule has 0 saturated heterocycles. The van der Waals surface area contributed by atoms with Crippen molar-refractivity contribution >= 4 is 0 Å². The molecule has 0 radical (unpaired) electrons. The fourth-order valence-electron chi connectivity index (χ4n) is 1.51. The van der Waals surface area contributed by atoms with Crippen LogP contribution < -0.4 is 5.56 Å². The first-order valence-electron chi connectivity index (χ1n) is 5.49. The third-order valence-electron chi connectivity index (χ3n) is 2.25. The minimum atomic E-state index is -0.0669. The molecule has 0 aliphatic carbocycles. The number of hydrogen-bond acceptors (Lipinski definition) is 1. The molecule has 0 atom stereocenters. The van der Waals surface area contributed by atoms with Crippen LogP contribution in [-0.4, -0.2) is 4.57 Å². The van der Waals surface area contributed by atoms with Crippen molar-refractivity contribution in [2.45, 2.75) is 13.8 Å². The second-order valence-electron chi connectivity index (χ2n) is 3.58. The maximum atomic E-state index is 11.7. The van der Waals surface area contributed by atoms with Gasteiger partial charge >= 0.3 is 0 Å². The van der Waals surface area contributed by atoms with Crippen LogP contribution in [0.2, 0.25) is 0 Å². The number of benzene rings is 1. The molecular formula is C13H13NO. The Morgan fingerprint density at radius 3 is 2.80 bits per heavy atom. The Balaban J connectivity index is 2.59. The third-order valence-corrected chi connectivity index (χ3v) is 2.25. The van der Waals surface area contributed by atoms with Gasteiger partial charge in [-0.05, 0) is 37.1 Å². The van der Waals surface area contributed by atoms with E-state index in [1.807, 2.05) is 31.2 Å². The average molecular weight is 200 g/mol. The first kappa shape index (κ1) is 8.48. The second-order valence-corrected chi connectivity index (χ2v) is 3.58. The van der Waals surface area contributed by atoms with Crippen LogP contribution in [0.1, 0.15) is 12.5 Å². The van der Waals surface area contributed by atoms with E-state index in [2.05, 4.69) is 0 Å². The summed E-state index contributed by atoms with van der Waals surface area (Å²) in [6.45, 7) is 2.18. The molecule has 2 rings (SSSR count). The SMILES string of the molecule is [2H]Cc1ccc(=O)n(-c2cccc(C)c2)c1. The highest BCUT2D eigenvalue weighted by Crippen LogP contribution is 2.08. The lowest BCUT2D eigenvalue weighted by Crippen LogP contribution is -2.16. The summed E-state index contributed by atoms with van der Waals surface area (Å²) >= 11 is 0. The summed E-state index contributed by atoms with van der Waals surface area (Å²) in [5.41, 5.74) is 2.73. The molecular weight excluding hydrogens is 186 g/mol. The summed E-state index contributed by atoms with van der Waals surface area (Å²) in [5.74, 6) is 0. The van der Waals surface area contributed by atoms with E-state index in [0.29, 0.717) is 0 Å². The number of aromatic nitrogens is 1. The first-order chi connectivity index (χ1) is 7.70. The molecule has 0 saturated carbocycles. The lowest BCUT2D eigenvalue weighted by atomic mass is 10.2. The van der Waals surface area contributed by atoms with Gasteiger partial charge in [0, 0.05) is 19.3 Å². The van der Waals surface area contributed by atoms with Gasteiger partial charge in [-0.15, -0.1) is 0 Å². The highest BCUT2D eigenvalue weighted by molar-refractivity contribution is 5.36. The Labute approximate surface area is 90.2 Å². The lowest BCUT2D eigenvalue weighted by Gasteiger charge is -2.06. The molecule has 0 amide bonds. The number of hydrogen-bond donors (Lipinski definition) is 0. The van der Waals surface area contributed by atoms with E-state index in [1.165, 1.54) is 6.07 Å². The quantitative estimate of drug-likeness (QED) is 0.693. The van der Waals surface area contributed by atoms with Crippen molar-refractivity contribution in [3.8, 4) is 5.69 Å². The molecule has 1 aromatic carbocycles. The van der Waals surface area contributed by atoms with Crippen molar-refractivity contribution in [3.63, 3.8) is 0 Å². The van der Waals surface area contributed by atoms with Crippen LogP contribution in [-0.2, 0) is 0 Å². The van der Waals surface area contributed by atoms with Gasteiger partial charge in [-0.3, -0.25) is 9.36 Å². The topological polar surface area (TPSA) is 22.0 Å². The van der Waals surface area contributed by atoms with Gasteiger partial charge in [-0.1, -0.05) is 18.2 Å². The first-order valence-corrected chi connectivity index (χ1v) is 4.78. The molecule has 0 aliphatic rings. The molecule has 0 bridgehead atoms. The van der Waals surface area contributed by atoms with Crippen LogP contribution in [0.5, 0.6) is 0 Å². The van der Waals surface area contributed by atoms with Crippen molar-refractivity contribution in [2.24, 2.45) is 0 Å². The van der Waals surface area contributed by atoms with E-state index in [0.717, 1.165) is 16.8 Å². The Kier molecular flexibility index (Phi) is 2.11. The molecule has 1 aromatic heterocycles. The summed E-state index contributed by atoms with van der Waals surface area (Å²) in [7, 11) is 0. The maximum Gasteiger partial charge on any atom is 0.255 e. The summed E-state index contributed by atoms with van der Waals surface area (Å²) in [6, 6.07) is 11.0. The monoisotopic (exact) mass is 200 g/mol. The highest BCUT2D eigenvalue weighted by Gasteiger charge is 1.99. The molecule has 0 spiro atoms. The van der Waals surface area contributed by atoms with Crippen LogP contribution in [0.15, 0.2) is 47.4 Å². The predicted octanol–water partition coefficient (Wildman–Crippen LogP) is 2.45. The van der Waals surface area contributed by atoms with Gasteiger partial charge in [0.2, 0.25) is 0 Å². The molecule has 2 heteroatoms. The summed E-state index contributed by atoms with van der Waals surface area (Å²) in [4.78, 5) is 11.7. The number of pyridine rings is 1. The van der Waals surface area contributed by atoms with Crippen LogP contribution >= 0.6 is 0 Å². The van der Waals surface area contributed by atoms with Gasteiger partial charge in [-0.2, -0.15) is 0 Å². The van der Waals surface area contributed by atoms with E-state index in [-0.39, 0.29) is 12.5 Å². The molecule has 2 aromatic rings. The summed E-state index contributed by atoms with van der Waals surface area (Å²) < 4.78 is 8.88. The van der Waals surface area contributed by atoms with Gasteiger partial charge in [-0.25, -0.2) is 0 Å². The smallest absolute Gasteiger partial charge is 0.255 e. The zero-order valence-electron chi connectivity index (χ0n) is 9.60. The fourth-order valence-corrected chi connectivity index (χ4v) is 1.51. The van der Waals surface area contributed by atoms with Crippen molar-refractivity contribution in [1.82, 2.24) is 4.57 Å². The van der Waals surface area contributed by atoms with Crippen LogP contribution in [0.4, 0.5) is 0 Å². The molecule has 0 N–H and O–H groups in total. The highest BCUT2D eigenvalue weighted by atomic mass is 16.1. The van der Waals surface area contributed by atoms with Crippen LogP contribution in [0, 0.1) is 13.8 Å². The molecule has 0 unspecified atom stereocenters. The van der Waals surface area contributed by atoms with Crippen LogP contribution in [0.25, 0.3) is 5.69 Å². The number of rotatable bonds is 1. The fraction of sp³-hybridized carbons (Fsp3) is 0.154. The average Bonchev–Trinajstić information content (AvgIpc) is 2.30. The van der Waals surface area contributed by atoms with Crippen molar-refractivity contribution < 1.29 is 1.37 Å². The standard InChI is InChI=1S/C13H13NO/c1-10-4-3-5-12(8-10)14-9-11(2)6-7-13(14)15/h3-9H,1-2H3/i2D. The minimum absolute atomic E-state index is 0.0669. The van der Waals surface area contributed by atoms with Crippen molar-refractivity contribution in [3.05, 3.63) is 64.1 Å². The summed E-state index contributed by atoms with van der Waals surface area (Å²) in [5, 5.41) is 0. The number of aryl methyl sites for hydroxylation is 2.